The summed E-state index contributed by atoms with van der Waals surface area (Å²) in [6.07, 6.45) is 0. The maximum atomic E-state index is 11.3. The third kappa shape index (κ3) is 5.90. The summed E-state index contributed by atoms with van der Waals surface area (Å²) >= 11 is 0. The molecule has 0 fully saturated rings. The van der Waals surface area contributed by atoms with Crippen LogP contribution in [0.4, 0.5) is 0 Å². The summed E-state index contributed by atoms with van der Waals surface area (Å²) in [4.78, 5) is 0. The second kappa shape index (κ2) is 14.3. The van der Waals surface area contributed by atoms with E-state index in [2.05, 4.69) is 0 Å². The molecule has 0 saturated heterocycles. The van der Waals surface area contributed by atoms with Crippen molar-refractivity contribution in [2.24, 2.45) is 0 Å². The molecule has 0 amide bonds. The van der Waals surface area contributed by atoms with E-state index in [0.717, 1.165) is 0 Å². The largest absolute Gasteiger partial charge is 0.508 e. The van der Waals surface area contributed by atoms with Gasteiger partial charge in [-0.2, -0.15) is 0 Å². The molecule has 0 radical (unpaired) electrons. The first-order valence-corrected chi connectivity index (χ1v) is 13.4. The van der Waals surface area contributed by atoms with Crippen LogP contribution >= 0.6 is 0 Å². The lowest BCUT2D eigenvalue weighted by molar-refractivity contribution is -0.401. The standard InChI is InChI=1S/C29H44O9/c1-9-32-24-22(25(33-10-2)27(35-12-4)23(31)26(24)34-11-3)28(8,20-16-18-21(30)19-17-20)29(36-13-5,37-14-6)38-15-7/h16-19,30-31H,9-15H2,1-8H3. The van der Waals surface area contributed by atoms with E-state index in [-0.39, 0.29) is 80.7 Å². The molecule has 1 atom stereocenters. The van der Waals surface area contributed by atoms with E-state index >= 15 is 0 Å². The van der Waals surface area contributed by atoms with Crippen molar-refractivity contribution in [2.45, 2.75) is 66.8 Å². The highest BCUT2D eigenvalue weighted by molar-refractivity contribution is 5.73. The highest BCUT2D eigenvalue weighted by Gasteiger charge is 2.58. The Kier molecular flexibility index (Phi) is 11.8. The van der Waals surface area contributed by atoms with Gasteiger partial charge in [0.25, 0.3) is 5.97 Å². The predicted molar refractivity (Wildman–Crippen MR) is 145 cm³/mol. The first-order chi connectivity index (χ1) is 18.3. The van der Waals surface area contributed by atoms with Crippen molar-refractivity contribution < 1.29 is 43.4 Å². The second-order valence-electron chi connectivity index (χ2n) is 8.30. The van der Waals surface area contributed by atoms with Crippen molar-refractivity contribution in [1.29, 1.82) is 0 Å². The topological polar surface area (TPSA) is 105 Å². The van der Waals surface area contributed by atoms with Crippen molar-refractivity contribution >= 4 is 0 Å². The van der Waals surface area contributed by atoms with Crippen molar-refractivity contribution in [2.75, 3.05) is 46.2 Å². The lowest BCUT2D eigenvalue weighted by Crippen LogP contribution is -2.57. The van der Waals surface area contributed by atoms with Gasteiger partial charge in [-0.05, 0) is 73.1 Å². The molecular formula is C29H44O9. The average Bonchev–Trinajstić information content (AvgIpc) is 2.89. The number of hydrogen-bond donors (Lipinski definition) is 2. The Balaban J connectivity index is 3.28. The van der Waals surface area contributed by atoms with Crippen LogP contribution < -0.4 is 18.9 Å². The number of benzene rings is 2. The zero-order valence-corrected chi connectivity index (χ0v) is 24.0. The van der Waals surface area contributed by atoms with Gasteiger partial charge in [-0.3, -0.25) is 0 Å². The summed E-state index contributed by atoms with van der Waals surface area (Å²) in [5.41, 5.74) is -0.182. The van der Waals surface area contributed by atoms with Gasteiger partial charge >= 0.3 is 0 Å². The number of aromatic hydroxyl groups is 2. The molecule has 9 heteroatoms. The summed E-state index contributed by atoms with van der Waals surface area (Å²) in [7, 11) is 0. The lowest BCUT2D eigenvalue weighted by atomic mass is 9.72. The summed E-state index contributed by atoms with van der Waals surface area (Å²) in [6, 6.07) is 6.69. The van der Waals surface area contributed by atoms with Gasteiger partial charge in [0.05, 0.1) is 32.0 Å². The Bertz CT molecular complexity index is 952. The molecule has 0 bridgehead atoms. The Labute approximate surface area is 226 Å². The number of phenols is 2. The third-order valence-corrected chi connectivity index (χ3v) is 6.01. The van der Waals surface area contributed by atoms with Crippen molar-refractivity contribution in [3.05, 3.63) is 35.4 Å². The van der Waals surface area contributed by atoms with Gasteiger partial charge in [0.1, 0.15) is 11.2 Å². The van der Waals surface area contributed by atoms with Gasteiger partial charge in [-0.25, -0.2) is 0 Å². The van der Waals surface area contributed by atoms with Gasteiger partial charge in [0.15, 0.2) is 11.5 Å². The van der Waals surface area contributed by atoms with Gasteiger partial charge in [-0.15, -0.1) is 0 Å². The number of ether oxygens (including phenoxy) is 7. The Hall–Kier alpha value is -2.88. The fraction of sp³-hybridized carbons (Fsp3) is 0.586. The molecule has 0 aromatic heterocycles. The van der Waals surface area contributed by atoms with E-state index in [4.69, 9.17) is 33.2 Å². The second-order valence-corrected chi connectivity index (χ2v) is 8.30. The maximum absolute atomic E-state index is 11.3. The van der Waals surface area contributed by atoms with Crippen molar-refractivity contribution in [3.8, 4) is 34.5 Å². The molecule has 2 aromatic carbocycles. The van der Waals surface area contributed by atoms with Crippen LogP contribution in [0.25, 0.3) is 0 Å². The van der Waals surface area contributed by atoms with Crippen LogP contribution in [0.1, 0.15) is 66.5 Å². The summed E-state index contributed by atoms with van der Waals surface area (Å²) in [6.45, 7) is 16.6. The average molecular weight is 537 g/mol. The van der Waals surface area contributed by atoms with Crippen LogP contribution in [0, 0.1) is 0 Å². The molecule has 0 aliphatic rings. The monoisotopic (exact) mass is 536 g/mol. The van der Waals surface area contributed by atoms with Gasteiger partial charge in [0, 0.05) is 19.8 Å². The van der Waals surface area contributed by atoms with Crippen LogP contribution in [0.3, 0.4) is 0 Å². The highest BCUT2D eigenvalue weighted by atomic mass is 16.9. The molecule has 0 aliphatic carbocycles. The van der Waals surface area contributed by atoms with Crippen LogP contribution in [0.15, 0.2) is 24.3 Å². The Morgan fingerprint density at radius 1 is 0.553 bits per heavy atom. The zero-order valence-electron chi connectivity index (χ0n) is 24.0. The third-order valence-electron chi connectivity index (χ3n) is 6.01. The normalized spacial score (nSPS) is 13.2. The smallest absolute Gasteiger partial charge is 0.297 e. The Morgan fingerprint density at radius 2 is 0.921 bits per heavy atom. The molecule has 1 unspecified atom stereocenters. The van der Waals surface area contributed by atoms with Gasteiger partial charge in [-0.1, -0.05) is 12.1 Å². The molecule has 2 N–H and O–H groups in total. The van der Waals surface area contributed by atoms with E-state index in [9.17, 15) is 10.2 Å². The van der Waals surface area contributed by atoms with Crippen LogP contribution in [-0.4, -0.2) is 62.4 Å². The van der Waals surface area contributed by atoms with E-state index in [1.807, 2.05) is 55.4 Å². The van der Waals surface area contributed by atoms with Crippen LogP contribution in [0.2, 0.25) is 0 Å². The van der Waals surface area contributed by atoms with Gasteiger partial charge < -0.3 is 43.4 Å². The highest BCUT2D eigenvalue weighted by Crippen LogP contribution is 2.61. The molecule has 0 spiro atoms. The number of phenolic OH excluding ortho intramolecular Hbond substituents is 2. The molecular weight excluding hydrogens is 492 g/mol. The molecule has 2 rings (SSSR count). The van der Waals surface area contributed by atoms with E-state index in [1.165, 1.54) is 0 Å². The molecule has 2 aromatic rings. The first-order valence-electron chi connectivity index (χ1n) is 13.4. The van der Waals surface area contributed by atoms with Crippen molar-refractivity contribution in [1.82, 2.24) is 0 Å². The fourth-order valence-corrected chi connectivity index (χ4v) is 4.62. The minimum Gasteiger partial charge on any atom is -0.508 e. The SMILES string of the molecule is CCOc1c(O)c(OCC)c(OCC)c(C(C)(c2ccc(O)cc2)C(OCC)(OCC)OCC)c1OCC. The zero-order chi connectivity index (χ0) is 28.3. The molecule has 0 saturated carbocycles. The van der Waals surface area contributed by atoms with Crippen molar-refractivity contribution in [3.63, 3.8) is 0 Å². The molecule has 38 heavy (non-hydrogen) atoms. The number of hydrogen-bond acceptors (Lipinski definition) is 9. The summed E-state index contributed by atoms with van der Waals surface area (Å²) in [5.74, 6) is -1.09. The quantitative estimate of drug-likeness (QED) is 0.244. The summed E-state index contributed by atoms with van der Waals surface area (Å²) in [5, 5.41) is 21.5. The summed E-state index contributed by atoms with van der Waals surface area (Å²) < 4.78 is 43.4. The minimum atomic E-state index is -1.68. The van der Waals surface area contributed by atoms with E-state index < -0.39 is 11.4 Å². The molecule has 0 heterocycles. The minimum absolute atomic E-state index is 0.0942. The maximum Gasteiger partial charge on any atom is 0.297 e. The van der Waals surface area contributed by atoms with E-state index in [0.29, 0.717) is 11.1 Å². The molecule has 9 nitrogen and oxygen atoms in total. The lowest BCUT2D eigenvalue weighted by Gasteiger charge is -2.48. The van der Waals surface area contributed by atoms with Crippen LogP contribution in [-0.2, 0) is 19.6 Å². The predicted octanol–water partition coefficient (Wildman–Crippen LogP) is 5.76. The number of rotatable bonds is 17. The van der Waals surface area contributed by atoms with Gasteiger partial charge in [0.2, 0.25) is 17.2 Å². The first kappa shape index (κ1) is 31.3. The van der Waals surface area contributed by atoms with E-state index in [1.54, 1.807) is 24.3 Å². The molecule has 0 aliphatic heterocycles. The molecule has 214 valence electrons. The van der Waals surface area contributed by atoms with Crippen LogP contribution in [0.5, 0.6) is 34.5 Å². The Morgan fingerprint density at radius 3 is 1.26 bits per heavy atom. The fourth-order valence-electron chi connectivity index (χ4n) is 4.62.